The fourth-order valence-corrected chi connectivity index (χ4v) is 1.93. The van der Waals surface area contributed by atoms with Gasteiger partial charge >= 0.3 is 0 Å². The van der Waals surface area contributed by atoms with Crippen LogP contribution in [0.25, 0.3) is 11.0 Å². The number of rotatable bonds is 6. The molecule has 2 aromatic rings. The molecule has 0 spiro atoms. The molecule has 0 unspecified atom stereocenters. The minimum Gasteiger partial charge on any atom is -0.383 e. The van der Waals surface area contributed by atoms with Gasteiger partial charge in [-0.15, -0.1) is 0 Å². The van der Waals surface area contributed by atoms with Crippen molar-refractivity contribution < 1.29 is 9.53 Å². The van der Waals surface area contributed by atoms with E-state index in [4.69, 9.17) is 4.74 Å². The average Bonchev–Trinajstić information content (AvgIpc) is 2.80. The number of aromatic nitrogens is 2. The summed E-state index contributed by atoms with van der Waals surface area (Å²) in [5.41, 5.74) is 1.96. The standard InChI is InChI=1S/C14H17N3O2/c1-3-14(18)15-10-13-16-11-6-4-5-7-12(11)17(13)8-9-19-2/h3-7H,1,8-10H2,2H3,(H,15,18). The van der Waals surface area contributed by atoms with Gasteiger partial charge in [-0.2, -0.15) is 0 Å². The van der Waals surface area contributed by atoms with Crippen LogP contribution in [0.5, 0.6) is 0 Å². The second-order valence-electron chi connectivity index (χ2n) is 4.08. The smallest absolute Gasteiger partial charge is 0.243 e. The van der Waals surface area contributed by atoms with Crippen LogP contribution in [-0.2, 0) is 22.6 Å². The van der Waals surface area contributed by atoms with Crippen molar-refractivity contribution in [3.8, 4) is 0 Å². The molecule has 100 valence electrons. The van der Waals surface area contributed by atoms with E-state index in [2.05, 4.69) is 21.4 Å². The van der Waals surface area contributed by atoms with Crippen molar-refractivity contribution in [1.29, 1.82) is 0 Å². The highest BCUT2D eigenvalue weighted by molar-refractivity contribution is 5.86. The van der Waals surface area contributed by atoms with Crippen LogP contribution in [0, 0.1) is 0 Å². The molecule has 19 heavy (non-hydrogen) atoms. The van der Waals surface area contributed by atoms with E-state index in [0.717, 1.165) is 16.9 Å². The molecular formula is C14H17N3O2. The van der Waals surface area contributed by atoms with E-state index in [-0.39, 0.29) is 5.91 Å². The first-order chi connectivity index (χ1) is 9.26. The zero-order chi connectivity index (χ0) is 13.7. The van der Waals surface area contributed by atoms with Gasteiger partial charge in [0.2, 0.25) is 5.91 Å². The van der Waals surface area contributed by atoms with Crippen molar-refractivity contribution in [2.75, 3.05) is 13.7 Å². The summed E-state index contributed by atoms with van der Waals surface area (Å²) in [6.07, 6.45) is 1.25. The van der Waals surface area contributed by atoms with Crippen LogP contribution < -0.4 is 5.32 Å². The van der Waals surface area contributed by atoms with Crippen LogP contribution in [0.2, 0.25) is 0 Å². The van der Waals surface area contributed by atoms with E-state index in [1.165, 1.54) is 6.08 Å². The van der Waals surface area contributed by atoms with E-state index in [1.807, 2.05) is 24.3 Å². The highest BCUT2D eigenvalue weighted by atomic mass is 16.5. The normalized spacial score (nSPS) is 10.6. The lowest BCUT2D eigenvalue weighted by Gasteiger charge is -2.08. The minimum atomic E-state index is -0.203. The molecule has 5 nitrogen and oxygen atoms in total. The van der Waals surface area contributed by atoms with E-state index in [0.29, 0.717) is 19.7 Å². The topological polar surface area (TPSA) is 56.2 Å². The van der Waals surface area contributed by atoms with Gasteiger partial charge in [0, 0.05) is 13.7 Å². The molecule has 0 aliphatic rings. The first-order valence-electron chi connectivity index (χ1n) is 6.09. The zero-order valence-electron chi connectivity index (χ0n) is 10.9. The van der Waals surface area contributed by atoms with Crippen molar-refractivity contribution in [3.63, 3.8) is 0 Å². The molecule has 0 saturated heterocycles. The van der Waals surface area contributed by atoms with E-state index >= 15 is 0 Å². The first-order valence-corrected chi connectivity index (χ1v) is 6.09. The Hall–Kier alpha value is -2.14. The SMILES string of the molecule is C=CC(=O)NCc1nc2ccccc2n1CCOC. The Morgan fingerprint density at radius 2 is 2.32 bits per heavy atom. The third-order valence-corrected chi connectivity index (χ3v) is 2.86. The van der Waals surface area contributed by atoms with Gasteiger partial charge in [-0.25, -0.2) is 4.98 Å². The maximum atomic E-state index is 11.2. The van der Waals surface area contributed by atoms with E-state index in [9.17, 15) is 4.79 Å². The van der Waals surface area contributed by atoms with Gasteiger partial charge in [0.05, 0.1) is 24.2 Å². The molecule has 0 aliphatic heterocycles. The number of para-hydroxylation sites is 2. The number of methoxy groups -OCH3 is 1. The monoisotopic (exact) mass is 259 g/mol. The van der Waals surface area contributed by atoms with Crippen molar-refractivity contribution in [2.24, 2.45) is 0 Å². The fourth-order valence-electron chi connectivity index (χ4n) is 1.93. The van der Waals surface area contributed by atoms with Crippen LogP contribution in [0.3, 0.4) is 0 Å². The number of amides is 1. The number of ether oxygens (including phenoxy) is 1. The lowest BCUT2D eigenvalue weighted by Crippen LogP contribution is -2.23. The maximum absolute atomic E-state index is 11.2. The van der Waals surface area contributed by atoms with Crippen LogP contribution in [0.15, 0.2) is 36.9 Å². The third kappa shape index (κ3) is 3.00. The largest absolute Gasteiger partial charge is 0.383 e. The molecule has 0 aliphatic carbocycles. The highest BCUT2D eigenvalue weighted by Crippen LogP contribution is 2.15. The van der Waals surface area contributed by atoms with Gasteiger partial charge in [0.25, 0.3) is 0 Å². The molecule has 0 atom stereocenters. The summed E-state index contributed by atoms with van der Waals surface area (Å²) in [6.45, 7) is 5.11. The summed E-state index contributed by atoms with van der Waals surface area (Å²) in [6, 6.07) is 7.88. The van der Waals surface area contributed by atoms with Gasteiger partial charge in [-0.05, 0) is 18.2 Å². The van der Waals surface area contributed by atoms with Gasteiger partial charge in [0.1, 0.15) is 5.82 Å². The predicted octanol–water partition coefficient (Wildman–Crippen LogP) is 1.48. The number of benzene rings is 1. The Bertz CT molecular complexity index is 589. The second kappa shape index (κ2) is 6.15. The zero-order valence-corrected chi connectivity index (χ0v) is 10.9. The van der Waals surface area contributed by atoms with E-state index in [1.54, 1.807) is 7.11 Å². The Balaban J connectivity index is 2.29. The molecule has 1 aromatic heterocycles. The summed E-state index contributed by atoms with van der Waals surface area (Å²) in [7, 11) is 1.66. The van der Waals surface area contributed by atoms with Crippen LogP contribution in [0.1, 0.15) is 5.82 Å². The van der Waals surface area contributed by atoms with Crippen molar-refractivity contribution in [3.05, 3.63) is 42.7 Å². The Kier molecular flexibility index (Phi) is 4.30. The number of hydrogen-bond acceptors (Lipinski definition) is 3. The number of hydrogen-bond donors (Lipinski definition) is 1. The molecule has 0 saturated carbocycles. The number of nitrogens with one attached hydrogen (secondary N) is 1. The summed E-state index contributed by atoms with van der Waals surface area (Å²) in [5, 5.41) is 2.75. The van der Waals surface area contributed by atoms with Gasteiger partial charge in [0.15, 0.2) is 0 Å². The molecule has 5 heteroatoms. The van der Waals surface area contributed by atoms with Gasteiger partial charge in [-0.1, -0.05) is 18.7 Å². The summed E-state index contributed by atoms with van der Waals surface area (Å²) in [4.78, 5) is 15.8. The third-order valence-electron chi connectivity index (χ3n) is 2.86. The molecular weight excluding hydrogens is 242 g/mol. The molecule has 1 aromatic carbocycles. The molecule has 2 rings (SSSR count). The fraction of sp³-hybridized carbons (Fsp3) is 0.286. The van der Waals surface area contributed by atoms with Crippen LogP contribution >= 0.6 is 0 Å². The Morgan fingerprint density at radius 3 is 3.05 bits per heavy atom. The molecule has 1 N–H and O–H groups in total. The summed E-state index contributed by atoms with van der Waals surface area (Å²) in [5.74, 6) is 0.610. The predicted molar refractivity (Wildman–Crippen MR) is 73.7 cm³/mol. The summed E-state index contributed by atoms with van der Waals surface area (Å²) >= 11 is 0. The van der Waals surface area contributed by atoms with E-state index < -0.39 is 0 Å². The lowest BCUT2D eigenvalue weighted by molar-refractivity contribution is -0.116. The minimum absolute atomic E-state index is 0.203. The Morgan fingerprint density at radius 1 is 1.53 bits per heavy atom. The van der Waals surface area contributed by atoms with Gasteiger partial charge in [-0.3, -0.25) is 4.79 Å². The van der Waals surface area contributed by atoms with Crippen LogP contribution in [0.4, 0.5) is 0 Å². The average molecular weight is 259 g/mol. The molecule has 1 heterocycles. The highest BCUT2D eigenvalue weighted by Gasteiger charge is 2.10. The molecule has 0 bridgehead atoms. The maximum Gasteiger partial charge on any atom is 0.243 e. The first kappa shape index (κ1) is 13.3. The number of nitrogens with zero attached hydrogens (tertiary/aromatic N) is 2. The second-order valence-corrected chi connectivity index (χ2v) is 4.08. The number of carbonyl (C=O) groups excluding carboxylic acids is 1. The molecule has 0 radical (unpaired) electrons. The molecule has 0 fully saturated rings. The lowest BCUT2D eigenvalue weighted by atomic mass is 10.3. The Labute approximate surface area is 111 Å². The number of carbonyl (C=O) groups is 1. The molecule has 1 amide bonds. The van der Waals surface area contributed by atoms with Gasteiger partial charge < -0.3 is 14.6 Å². The number of fused-ring (bicyclic) bond motifs is 1. The summed E-state index contributed by atoms with van der Waals surface area (Å²) < 4.78 is 7.17. The van der Waals surface area contributed by atoms with Crippen molar-refractivity contribution >= 4 is 16.9 Å². The number of imidazole rings is 1. The van der Waals surface area contributed by atoms with Crippen LogP contribution in [-0.4, -0.2) is 29.2 Å². The van der Waals surface area contributed by atoms with Crippen molar-refractivity contribution in [1.82, 2.24) is 14.9 Å². The van der Waals surface area contributed by atoms with Crippen molar-refractivity contribution in [2.45, 2.75) is 13.1 Å². The quantitative estimate of drug-likeness (QED) is 0.800.